The Balaban J connectivity index is 1.33. The van der Waals surface area contributed by atoms with Crippen molar-refractivity contribution in [1.82, 2.24) is 5.32 Å². The number of para-hydroxylation sites is 1. The SMILES string of the molecule is CC1(C)OB(C(=Cc2cccc(C=O)c2O)CNC(=O)OCC2c3ccccc3-c3ccccc32)OC1(C)C. The van der Waals surface area contributed by atoms with Crippen LogP contribution in [0.5, 0.6) is 5.75 Å². The summed E-state index contributed by atoms with van der Waals surface area (Å²) >= 11 is 0. The standard InChI is InChI=1S/C31H32BNO6/c1-30(2)31(3,4)39-32(38-30)22(16-20-10-9-11-21(18-34)28(20)35)17-33-29(36)37-19-27-25-14-7-5-12-23(25)24-13-6-8-15-26(24)27/h5-16,18,27,35H,17,19H2,1-4H3,(H,33,36). The second-order valence-electron chi connectivity index (χ2n) is 10.9. The zero-order valence-electron chi connectivity index (χ0n) is 22.6. The number of rotatable bonds is 7. The molecule has 0 unspecified atom stereocenters. The molecule has 2 N–H and O–H groups in total. The highest BCUT2D eigenvalue weighted by atomic mass is 16.7. The fourth-order valence-corrected chi connectivity index (χ4v) is 5.01. The maximum Gasteiger partial charge on any atom is 0.492 e. The van der Waals surface area contributed by atoms with E-state index < -0.39 is 24.4 Å². The first-order valence-electron chi connectivity index (χ1n) is 13.0. The molecule has 8 heteroatoms. The molecule has 5 rings (SSSR count). The van der Waals surface area contributed by atoms with E-state index in [2.05, 4.69) is 29.6 Å². The molecule has 200 valence electrons. The minimum atomic E-state index is -0.775. The third-order valence-corrected chi connectivity index (χ3v) is 7.90. The van der Waals surface area contributed by atoms with Crippen LogP contribution in [-0.4, -0.2) is 49.0 Å². The molecular formula is C31H32BNO6. The fraction of sp³-hybridized carbons (Fsp3) is 0.290. The van der Waals surface area contributed by atoms with Gasteiger partial charge in [-0.2, -0.15) is 0 Å². The van der Waals surface area contributed by atoms with E-state index in [-0.39, 0.29) is 30.4 Å². The Hall–Kier alpha value is -3.88. The molecule has 3 aromatic rings. The third-order valence-electron chi connectivity index (χ3n) is 7.90. The van der Waals surface area contributed by atoms with Gasteiger partial charge in [-0.15, -0.1) is 0 Å². The summed E-state index contributed by atoms with van der Waals surface area (Å²) in [5.74, 6) is -0.202. The normalized spacial score (nSPS) is 17.4. The predicted molar refractivity (Wildman–Crippen MR) is 151 cm³/mol. The van der Waals surface area contributed by atoms with Gasteiger partial charge in [0, 0.05) is 18.0 Å². The van der Waals surface area contributed by atoms with Crippen LogP contribution in [0.2, 0.25) is 0 Å². The van der Waals surface area contributed by atoms with Crippen molar-refractivity contribution in [1.29, 1.82) is 0 Å². The Labute approximate surface area is 228 Å². The monoisotopic (exact) mass is 525 g/mol. The Morgan fingerprint density at radius 1 is 0.923 bits per heavy atom. The summed E-state index contributed by atoms with van der Waals surface area (Å²) in [5.41, 5.74) is 4.53. The molecule has 39 heavy (non-hydrogen) atoms. The quantitative estimate of drug-likeness (QED) is 0.301. The summed E-state index contributed by atoms with van der Waals surface area (Å²) in [5, 5.41) is 13.4. The molecule has 1 aliphatic heterocycles. The number of hydrogen-bond acceptors (Lipinski definition) is 6. The number of carbonyl (C=O) groups is 2. The van der Waals surface area contributed by atoms with Crippen molar-refractivity contribution < 1.29 is 28.7 Å². The molecule has 1 saturated heterocycles. The summed E-state index contributed by atoms with van der Waals surface area (Å²) in [4.78, 5) is 24.2. The van der Waals surface area contributed by atoms with Gasteiger partial charge in [0.2, 0.25) is 0 Å². The average molecular weight is 525 g/mol. The molecule has 1 heterocycles. The number of phenolic OH excluding ortho intramolecular Hbond substituents is 1. The van der Waals surface area contributed by atoms with E-state index >= 15 is 0 Å². The van der Waals surface area contributed by atoms with Crippen molar-refractivity contribution in [2.24, 2.45) is 0 Å². The number of aromatic hydroxyl groups is 1. The first-order chi connectivity index (χ1) is 18.6. The number of amides is 1. The average Bonchev–Trinajstić information content (AvgIpc) is 3.35. The number of nitrogens with one attached hydrogen (secondary N) is 1. The van der Waals surface area contributed by atoms with Crippen molar-refractivity contribution in [3.8, 4) is 16.9 Å². The lowest BCUT2D eigenvalue weighted by Gasteiger charge is -2.32. The van der Waals surface area contributed by atoms with E-state index in [0.29, 0.717) is 17.3 Å². The van der Waals surface area contributed by atoms with E-state index in [0.717, 1.165) is 22.3 Å². The van der Waals surface area contributed by atoms with E-state index in [9.17, 15) is 14.7 Å². The van der Waals surface area contributed by atoms with Gasteiger partial charge >= 0.3 is 13.2 Å². The second-order valence-corrected chi connectivity index (χ2v) is 10.9. The number of phenols is 1. The first-order valence-corrected chi connectivity index (χ1v) is 13.0. The molecule has 0 radical (unpaired) electrons. The van der Waals surface area contributed by atoms with Crippen LogP contribution in [0.25, 0.3) is 17.2 Å². The van der Waals surface area contributed by atoms with Crippen LogP contribution in [0.1, 0.15) is 60.7 Å². The van der Waals surface area contributed by atoms with Crippen molar-refractivity contribution in [2.45, 2.75) is 44.8 Å². The van der Waals surface area contributed by atoms with Crippen molar-refractivity contribution in [2.75, 3.05) is 13.2 Å². The van der Waals surface area contributed by atoms with Gasteiger partial charge in [0.1, 0.15) is 12.4 Å². The molecule has 3 aromatic carbocycles. The number of hydrogen-bond donors (Lipinski definition) is 2. The molecule has 0 saturated carbocycles. The van der Waals surface area contributed by atoms with Crippen LogP contribution in [-0.2, 0) is 14.0 Å². The highest BCUT2D eigenvalue weighted by molar-refractivity contribution is 6.56. The van der Waals surface area contributed by atoms with Crippen LogP contribution in [0.15, 0.2) is 72.2 Å². The molecule has 1 fully saturated rings. The van der Waals surface area contributed by atoms with Gasteiger partial charge in [-0.3, -0.25) is 4.79 Å². The lowest BCUT2D eigenvalue weighted by atomic mass is 9.77. The number of aldehydes is 1. The molecule has 7 nitrogen and oxygen atoms in total. The van der Waals surface area contributed by atoms with E-state index in [1.807, 2.05) is 52.0 Å². The van der Waals surface area contributed by atoms with Crippen LogP contribution < -0.4 is 5.32 Å². The fourth-order valence-electron chi connectivity index (χ4n) is 5.01. The molecule has 2 aliphatic rings. The number of fused-ring (bicyclic) bond motifs is 3. The summed E-state index contributed by atoms with van der Waals surface area (Å²) in [6, 6.07) is 21.2. The zero-order valence-corrected chi connectivity index (χ0v) is 22.6. The molecule has 0 bridgehead atoms. The Morgan fingerprint density at radius 2 is 1.49 bits per heavy atom. The van der Waals surface area contributed by atoms with Gasteiger partial charge in [0.05, 0.1) is 16.8 Å². The number of alkyl carbamates (subject to hydrolysis) is 1. The number of benzene rings is 3. The summed E-state index contributed by atoms with van der Waals surface area (Å²) in [6.45, 7) is 8.00. The third kappa shape index (κ3) is 5.10. The highest BCUT2D eigenvalue weighted by Crippen LogP contribution is 2.44. The Morgan fingerprint density at radius 3 is 2.08 bits per heavy atom. The molecule has 0 spiro atoms. The molecular weight excluding hydrogens is 493 g/mol. The van der Waals surface area contributed by atoms with E-state index in [1.165, 1.54) is 6.07 Å². The van der Waals surface area contributed by atoms with Gasteiger partial charge in [-0.25, -0.2) is 4.79 Å². The van der Waals surface area contributed by atoms with Crippen LogP contribution >= 0.6 is 0 Å². The van der Waals surface area contributed by atoms with Crippen LogP contribution in [0, 0.1) is 0 Å². The van der Waals surface area contributed by atoms with Crippen molar-refractivity contribution >= 4 is 25.6 Å². The van der Waals surface area contributed by atoms with Gasteiger partial charge in [-0.05, 0) is 61.5 Å². The lowest BCUT2D eigenvalue weighted by molar-refractivity contribution is 0.00578. The van der Waals surface area contributed by atoms with E-state index in [1.54, 1.807) is 18.2 Å². The van der Waals surface area contributed by atoms with Gasteiger partial charge in [0.25, 0.3) is 0 Å². The predicted octanol–water partition coefficient (Wildman–Crippen LogP) is 5.76. The molecule has 1 amide bonds. The molecule has 1 aliphatic carbocycles. The van der Waals surface area contributed by atoms with Crippen LogP contribution in [0.4, 0.5) is 4.79 Å². The Bertz CT molecular complexity index is 1380. The topological polar surface area (TPSA) is 94.1 Å². The number of carbonyl (C=O) groups excluding carboxylic acids is 2. The minimum Gasteiger partial charge on any atom is -0.507 e. The van der Waals surface area contributed by atoms with Crippen molar-refractivity contribution in [3.05, 3.63) is 94.5 Å². The summed E-state index contributed by atoms with van der Waals surface area (Å²) < 4.78 is 18.1. The van der Waals surface area contributed by atoms with Gasteiger partial charge < -0.3 is 24.5 Å². The second kappa shape index (κ2) is 10.4. The van der Waals surface area contributed by atoms with Crippen molar-refractivity contribution in [3.63, 3.8) is 0 Å². The maximum atomic E-state index is 12.9. The largest absolute Gasteiger partial charge is 0.507 e. The zero-order chi connectivity index (χ0) is 27.8. The maximum absolute atomic E-state index is 12.9. The minimum absolute atomic E-state index is 0.0516. The summed E-state index contributed by atoms with van der Waals surface area (Å²) in [7, 11) is -0.775. The lowest BCUT2D eigenvalue weighted by Crippen LogP contribution is -2.41. The smallest absolute Gasteiger partial charge is 0.492 e. The van der Waals surface area contributed by atoms with E-state index in [4.69, 9.17) is 14.0 Å². The van der Waals surface area contributed by atoms with Gasteiger partial charge in [-0.1, -0.05) is 66.7 Å². The first kappa shape index (κ1) is 26.7. The van der Waals surface area contributed by atoms with Gasteiger partial charge in [0.15, 0.2) is 6.29 Å². The molecule has 0 atom stereocenters. The number of ether oxygens (including phenoxy) is 1. The Kier molecular flexibility index (Phi) is 7.10. The van der Waals surface area contributed by atoms with Crippen LogP contribution in [0.3, 0.4) is 0 Å². The summed E-state index contributed by atoms with van der Waals surface area (Å²) in [6.07, 6.45) is 1.69. The molecule has 0 aromatic heterocycles. The highest BCUT2D eigenvalue weighted by Gasteiger charge is 2.52.